The normalized spacial score (nSPS) is 11.1. The predicted octanol–water partition coefficient (Wildman–Crippen LogP) is 3.13. The second-order valence-corrected chi connectivity index (χ2v) is 6.88. The number of halogens is 1. The number of aromatic nitrogens is 5. The van der Waals surface area contributed by atoms with E-state index in [1.165, 1.54) is 17.8 Å². The number of anilines is 1. The molecule has 3 rings (SSSR count). The minimum absolute atomic E-state index is 0.148. The Labute approximate surface area is 154 Å². The van der Waals surface area contributed by atoms with Crippen molar-refractivity contribution in [3.63, 3.8) is 0 Å². The summed E-state index contributed by atoms with van der Waals surface area (Å²) in [5, 5.41) is 15.7. The Morgan fingerprint density at radius 2 is 2.04 bits per heavy atom. The van der Waals surface area contributed by atoms with Crippen molar-refractivity contribution in [1.82, 2.24) is 24.5 Å². The van der Waals surface area contributed by atoms with Crippen LogP contribution in [0, 0.1) is 5.82 Å². The Balaban J connectivity index is 1.66. The van der Waals surface area contributed by atoms with E-state index < -0.39 is 0 Å². The Morgan fingerprint density at radius 3 is 2.77 bits per heavy atom. The summed E-state index contributed by atoms with van der Waals surface area (Å²) in [6.07, 6.45) is 1.64. The molecule has 2 heterocycles. The smallest absolute Gasteiger partial charge is 0.235 e. The topological polar surface area (TPSA) is 77.6 Å². The first-order chi connectivity index (χ1) is 12.5. The highest BCUT2D eigenvalue weighted by Crippen LogP contribution is 2.24. The summed E-state index contributed by atoms with van der Waals surface area (Å²) in [6, 6.07) is 8.29. The number of nitrogens with one attached hydrogen (secondary N) is 1. The molecule has 0 saturated heterocycles. The molecule has 136 valence electrons. The molecular formula is C17H19FN6OS. The van der Waals surface area contributed by atoms with Crippen molar-refractivity contribution in [2.45, 2.75) is 25.0 Å². The molecule has 0 aliphatic heterocycles. The zero-order valence-electron chi connectivity index (χ0n) is 14.7. The number of amides is 1. The molecule has 1 aromatic carbocycles. The van der Waals surface area contributed by atoms with Crippen molar-refractivity contribution in [1.29, 1.82) is 0 Å². The van der Waals surface area contributed by atoms with E-state index in [1.54, 1.807) is 46.8 Å². The molecule has 9 heteroatoms. The molecule has 1 N–H and O–H groups in total. The molecule has 0 aliphatic rings. The summed E-state index contributed by atoms with van der Waals surface area (Å²) in [5.41, 5.74) is 0.375. The molecule has 0 fully saturated rings. The average Bonchev–Trinajstić information content (AvgIpc) is 3.20. The van der Waals surface area contributed by atoms with Crippen LogP contribution >= 0.6 is 11.8 Å². The zero-order chi connectivity index (χ0) is 18.7. The molecule has 0 aliphatic carbocycles. The Hall–Kier alpha value is -2.68. The van der Waals surface area contributed by atoms with Crippen LogP contribution in [0.1, 0.15) is 19.9 Å². The van der Waals surface area contributed by atoms with Gasteiger partial charge in [-0.15, -0.1) is 10.2 Å². The third-order valence-corrected chi connectivity index (χ3v) is 4.73. The van der Waals surface area contributed by atoms with E-state index in [9.17, 15) is 9.18 Å². The molecule has 0 bridgehead atoms. The monoisotopic (exact) mass is 374 g/mol. The van der Waals surface area contributed by atoms with E-state index in [1.807, 2.05) is 13.8 Å². The van der Waals surface area contributed by atoms with Crippen LogP contribution in [0.2, 0.25) is 0 Å². The van der Waals surface area contributed by atoms with Crippen LogP contribution in [0.4, 0.5) is 10.2 Å². The number of carbonyl (C=O) groups is 1. The maximum absolute atomic E-state index is 13.9. The average molecular weight is 374 g/mol. The third kappa shape index (κ3) is 3.77. The first-order valence-electron chi connectivity index (χ1n) is 8.08. The van der Waals surface area contributed by atoms with Gasteiger partial charge in [0, 0.05) is 19.2 Å². The first-order valence-corrected chi connectivity index (χ1v) is 9.06. The summed E-state index contributed by atoms with van der Waals surface area (Å²) in [5.74, 6) is 0.693. The maximum Gasteiger partial charge on any atom is 0.235 e. The predicted molar refractivity (Wildman–Crippen MR) is 98.4 cm³/mol. The van der Waals surface area contributed by atoms with Crippen LogP contribution in [0.25, 0.3) is 11.4 Å². The van der Waals surface area contributed by atoms with Gasteiger partial charge in [-0.3, -0.25) is 4.79 Å². The van der Waals surface area contributed by atoms with Gasteiger partial charge in [-0.1, -0.05) is 23.9 Å². The summed E-state index contributed by atoms with van der Waals surface area (Å²) in [4.78, 5) is 12.2. The Morgan fingerprint density at radius 1 is 1.27 bits per heavy atom. The molecular weight excluding hydrogens is 355 g/mol. The van der Waals surface area contributed by atoms with Crippen molar-refractivity contribution in [3.05, 3.63) is 42.3 Å². The van der Waals surface area contributed by atoms with Crippen LogP contribution < -0.4 is 5.32 Å². The highest BCUT2D eigenvalue weighted by molar-refractivity contribution is 7.99. The molecule has 1 amide bonds. The molecule has 7 nitrogen and oxygen atoms in total. The molecule has 0 atom stereocenters. The lowest BCUT2D eigenvalue weighted by molar-refractivity contribution is -0.113. The van der Waals surface area contributed by atoms with Gasteiger partial charge in [0.05, 0.1) is 17.5 Å². The molecule has 2 aromatic heterocycles. The first kappa shape index (κ1) is 18.1. The van der Waals surface area contributed by atoms with Gasteiger partial charge in [-0.25, -0.2) is 9.07 Å². The number of hydrogen-bond acceptors (Lipinski definition) is 5. The van der Waals surface area contributed by atoms with Crippen molar-refractivity contribution >= 4 is 23.5 Å². The van der Waals surface area contributed by atoms with Crippen LogP contribution in [-0.2, 0) is 11.8 Å². The minimum atomic E-state index is -0.362. The summed E-state index contributed by atoms with van der Waals surface area (Å²) in [6.45, 7) is 3.97. The van der Waals surface area contributed by atoms with Crippen LogP contribution in [-0.4, -0.2) is 36.2 Å². The highest BCUT2D eigenvalue weighted by atomic mass is 32.2. The van der Waals surface area contributed by atoms with E-state index in [4.69, 9.17) is 0 Å². The van der Waals surface area contributed by atoms with Crippen molar-refractivity contribution < 1.29 is 9.18 Å². The van der Waals surface area contributed by atoms with Crippen LogP contribution in [0.3, 0.4) is 0 Å². The minimum Gasteiger partial charge on any atom is -0.310 e. The van der Waals surface area contributed by atoms with E-state index in [-0.39, 0.29) is 23.5 Å². The molecule has 0 spiro atoms. The second kappa shape index (κ2) is 7.69. The third-order valence-electron chi connectivity index (χ3n) is 3.71. The van der Waals surface area contributed by atoms with Gasteiger partial charge >= 0.3 is 0 Å². The van der Waals surface area contributed by atoms with Gasteiger partial charge in [0.1, 0.15) is 11.6 Å². The number of thioether (sulfide) groups is 1. The molecule has 3 aromatic rings. The van der Waals surface area contributed by atoms with Gasteiger partial charge in [-0.05, 0) is 26.0 Å². The highest BCUT2D eigenvalue weighted by Gasteiger charge is 2.16. The largest absolute Gasteiger partial charge is 0.310 e. The quantitative estimate of drug-likeness (QED) is 0.671. The Bertz CT molecular complexity index is 920. The number of carbonyl (C=O) groups excluding carboxylic acids is 1. The fraction of sp³-hybridized carbons (Fsp3) is 0.294. The van der Waals surface area contributed by atoms with Gasteiger partial charge in [0.25, 0.3) is 0 Å². The van der Waals surface area contributed by atoms with E-state index in [2.05, 4.69) is 20.6 Å². The van der Waals surface area contributed by atoms with Gasteiger partial charge in [-0.2, -0.15) is 5.10 Å². The molecule has 0 saturated carbocycles. The molecule has 0 unspecified atom stereocenters. The fourth-order valence-electron chi connectivity index (χ4n) is 2.45. The summed E-state index contributed by atoms with van der Waals surface area (Å²) in [7, 11) is 1.75. The van der Waals surface area contributed by atoms with Gasteiger partial charge < -0.3 is 9.88 Å². The molecule has 0 radical (unpaired) electrons. The second-order valence-electron chi connectivity index (χ2n) is 5.94. The van der Waals surface area contributed by atoms with Crippen molar-refractivity contribution in [2.75, 3.05) is 11.1 Å². The van der Waals surface area contributed by atoms with Gasteiger partial charge in [0.2, 0.25) is 5.91 Å². The fourth-order valence-corrected chi connectivity index (χ4v) is 3.16. The standard InChI is InChI=1S/C17H19FN6OS/c1-11(2)24-14(8-9-19-24)20-15(25)10-26-17-22-21-16(23(17)3)12-6-4-5-7-13(12)18/h4-9,11H,10H2,1-3H3,(H,20,25). The summed E-state index contributed by atoms with van der Waals surface area (Å²) >= 11 is 1.24. The van der Waals surface area contributed by atoms with Crippen LogP contribution in [0.5, 0.6) is 0 Å². The van der Waals surface area contributed by atoms with E-state index >= 15 is 0 Å². The number of nitrogens with zero attached hydrogens (tertiary/aromatic N) is 5. The maximum atomic E-state index is 13.9. The number of hydrogen-bond donors (Lipinski definition) is 1. The summed E-state index contributed by atoms with van der Waals surface area (Å²) < 4.78 is 17.3. The number of rotatable bonds is 6. The van der Waals surface area contributed by atoms with E-state index in [0.717, 1.165) is 0 Å². The SMILES string of the molecule is CC(C)n1nccc1NC(=O)CSc1nnc(-c2ccccc2F)n1C. The number of benzene rings is 1. The van der Waals surface area contributed by atoms with Crippen LogP contribution in [0.15, 0.2) is 41.7 Å². The lowest BCUT2D eigenvalue weighted by Gasteiger charge is -2.11. The lowest BCUT2D eigenvalue weighted by Crippen LogP contribution is -2.18. The Kier molecular flexibility index (Phi) is 5.36. The van der Waals surface area contributed by atoms with Crippen molar-refractivity contribution in [3.8, 4) is 11.4 Å². The van der Waals surface area contributed by atoms with Crippen molar-refractivity contribution in [2.24, 2.45) is 7.05 Å². The van der Waals surface area contributed by atoms with E-state index in [0.29, 0.717) is 22.4 Å². The van der Waals surface area contributed by atoms with Gasteiger partial charge in [0.15, 0.2) is 11.0 Å². The zero-order valence-corrected chi connectivity index (χ0v) is 15.5. The molecule has 26 heavy (non-hydrogen) atoms. The lowest BCUT2D eigenvalue weighted by atomic mass is 10.2.